The molecule has 1 aliphatic heterocycles. The van der Waals surface area contributed by atoms with Crippen molar-refractivity contribution in [2.75, 3.05) is 6.54 Å². The normalized spacial score (nSPS) is 21.8. The topological polar surface area (TPSA) is 88.3 Å². The molecular weight excluding hydrogens is 356 g/mol. The van der Waals surface area contributed by atoms with Gasteiger partial charge in [-0.25, -0.2) is 4.63 Å². The van der Waals surface area contributed by atoms with Gasteiger partial charge in [-0.2, -0.15) is 0 Å². The van der Waals surface area contributed by atoms with Crippen LogP contribution in [0.1, 0.15) is 48.2 Å². The molecule has 28 heavy (non-hydrogen) atoms. The molecule has 1 saturated carbocycles. The van der Waals surface area contributed by atoms with Gasteiger partial charge in [0, 0.05) is 25.0 Å². The van der Waals surface area contributed by atoms with E-state index in [9.17, 15) is 9.59 Å². The summed E-state index contributed by atoms with van der Waals surface area (Å²) in [5, 5.41) is 10.5. The average molecular weight is 382 g/mol. The molecule has 0 spiro atoms. The SMILES string of the molecule is Cc1nonc1CC(=O)NC1CCC(C(=O)N2CCc3ccccc3C2)CC1. The monoisotopic (exact) mass is 382 g/mol. The fourth-order valence-corrected chi connectivity index (χ4v) is 4.27. The predicted molar refractivity (Wildman–Crippen MR) is 102 cm³/mol. The van der Waals surface area contributed by atoms with Gasteiger partial charge in [0.25, 0.3) is 0 Å². The summed E-state index contributed by atoms with van der Waals surface area (Å²) in [5.41, 5.74) is 3.84. The molecular formula is C21H26N4O3. The molecule has 1 fully saturated rings. The zero-order valence-corrected chi connectivity index (χ0v) is 16.2. The molecule has 1 aromatic heterocycles. The molecule has 2 amide bonds. The van der Waals surface area contributed by atoms with Gasteiger partial charge < -0.3 is 10.2 Å². The molecule has 0 radical (unpaired) electrons. The maximum atomic E-state index is 13.0. The second kappa shape index (κ2) is 8.12. The molecule has 1 aliphatic carbocycles. The minimum absolute atomic E-state index is 0.0683. The van der Waals surface area contributed by atoms with E-state index in [0.29, 0.717) is 11.4 Å². The van der Waals surface area contributed by atoms with E-state index >= 15 is 0 Å². The first-order chi connectivity index (χ1) is 13.6. The van der Waals surface area contributed by atoms with Gasteiger partial charge in [-0.3, -0.25) is 9.59 Å². The Balaban J connectivity index is 1.25. The molecule has 0 bridgehead atoms. The van der Waals surface area contributed by atoms with Crippen molar-refractivity contribution in [3.05, 3.63) is 46.8 Å². The summed E-state index contributed by atoms with van der Waals surface area (Å²) in [6, 6.07) is 8.50. The Bertz CT molecular complexity index is 855. The number of aryl methyl sites for hydroxylation is 1. The van der Waals surface area contributed by atoms with Crippen LogP contribution >= 0.6 is 0 Å². The van der Waals surface area contributed by atoms with Crippen molar-refractivity contribution in [2.45, 2.75) is 58.0 Å². The lowest BCUT2D eigenvalue weighted by molar-refractivity contribution is -0.137. The Morgan fingerprint density at radius 1 is 1.14 bits per heavy atom. The van der Waals surface area contributed by atoms with Gasteiger partial charge in [0.1, 0.15) is 11.4 Å². The quantitative estimate of drug-likeness (QED) is 0.876. The fourth-order valence-electron chi connectivity index (χ4n) is 4.27. The smallest absolute Gasteiger partial charge is 0.226 e. The first-order valence-corrected chi connectivity index (χ1v) is 10.0. The van der Waals surface area contributed by atoms with Crippen LogP contribution in [0, 0.1) is 12.8 Å². The summed E-state index contributed by atoms with van der Waals surface area (Å²) in [5.74, 6) is 0.269. The summed E-state index contributed by atoms with van der Waals surface area (Å²) >= 11 is 0. The molecule has 7 heteroatoms. The second-order valence-electron chi connectivity index (χ2n) is 7.87. The number of fused-ring (bicyclic) bond motifs is 1. The zero-order valence-electron chi connectivity index (χ0n) is 16.2. The molecule has 2 aromatic rings. The van der Waals surface area contributed by atoms with E-state index in [-0.39, 0.29) is 30.2 Å². The Kier molecular flexibility index (Phi) is 5.41. The lowest BCUT2D eigenvalue weighted by Gasteiger charge is -2.35. The van der Waals surface area contributed by atoms with Crippen LogP contribution in [-0.4, -0.2) is 39.6 Å². The van der Waals surface area contributed by atoms with E-state index in [1.165, 1.54) is 11.1 Å². The van der Waals surface area contributed by atoms with E-state index in [4.69, 9.17) is 0 Å². The number of carbonyl (C=O) groups excluding carboxylic acids is 2. The average Bonchev–Trinajstić information content (AvgIpc) is 3.12. The van der Waals surface area contributed by atoms with Crippen LogP contribution in [0.15, 0.2) is 28.9 Å². The van der Waals surface area contributed by atoms with Crippen molar-refractivity contribution in [1.29, 1.82) is 0 Å². The maximum absolute atomic E-state index is 13.0. The van der Waals surface area contributed by atoms with Gasteiger partial charge >= 0.3 is 0 Å². The molecule has 0 unspecified atom stereocenters. The minimum Gasteiger partial charge on any atom is -0.353 e. The van der Waals surface area contributed by atoms with E-state index in [1.54, 1.807) is 6.92 Å². The summed E-state index contributed by atoms with van der Waals surface area (Å²) < 4.78 is 4.63. The van der Waals surface area contributed by atoms with Gasteiger partial charge in [0.15, 0.2) is 0 Å². The highest BCUT2D eigenvalue weighted by Crippen LogP contribution is 2.28. The third kappa shape index (κ3) is 4.08. The number of amides is 2. The van der Waals surface area contributed by atoms with Crippen LogP contribution in [0.25, 0.3) is 0 Å². The Labute approximate surface area is 164 Å². The fraction of sp³-hybridized carbons (Fsp3) is 0.524. The van der Waals surface area contributed by atoms with Crippen molar-refractivity contribution in [1.82, 2.24) is 20.5 Å². The molecule has 0 saturated heterocycles. The summed E-state index contributed by atoms with van der Waals surface area (Å²) in [7, 11) is 0. The molecule has 1 aromatic carbocycles. The third-order valence-electron chi connectivity index (χ3n) is 5.96. The molecule has 2 aliphatic rings. The van der Waals surface area contributed by atoms with Gasteiger partial charge in [-0.1, -0.05) is 34.6 Å². The highest BCUT2D eigenvalue weighted by Gasteiger charge is 2.31. The number of hydrogen-bond donors (Lipinski definition) is 1. The van der Waals surface area contributed by atoms with Crippen LogP contribution in [0.5, 0.6) is 0 Å². The Hall–Kier alpha value is -2.70. The summed E-state index contributed by atoms with van der Waals surface area (Å²) in [4.78, 5) is 27.2. The highest BCUT2D eigenvalue weighted by molar-refractivity contribution is 5.80. The van der Waals surface area contributed by atoms with Crippen molar-refractivity contribution in [2.24, 2.45) is 5.92 Å². The molecule has 148 valence electrons. The summed E-state index contributed by atoms with van der Waals surface area (Å²) in [6.45, 7) is 3.29. The minimum atomic E-state index is -0.0683. The Morgan fingerprint density at radius 2 is 1.89 bits per heavy atom. The van der Waals surface area contributed by atoms with E-state index in [0.717, 1.165) is 45.2 Å². The number of benzene rings is 1. The lowest BCUT2D eigenvalue weighted by Crippen LogP contribution is -2.44. The van der Waals surface area contributed by atoms with Crippen LogP contribution in [0.3, 0.4) is 0 Å². The van der Waals surface area contributed by atoms with Crippen LogP contribution < -0.4 is 5.32 Å². The first-order valence-electron chi connectivity index (χ1n) is 10.0. The van der Waals surface area contributed by atoms with Crippen molar-refractivity contribution in [3.8, 4) is 0 Å². The van der Waals surface area contributed by atoms with Crippen molar-refractivity contribution in [3.63, 3.8) is 0 Å². The van der Waals surface area contributed by atoms with E-state index in [1.807, 2.05) is 11.0 Å². The number of hydrogen-bond acceptors (Lipinski definition) is 5. The van der Waals surface area contributed by atoms with Crippen LogP contribution in [-0.2, 0) is 29.0 Å². The van der Waals surface area contributed by atoms with Crippen LogP contribution in [0.4, 0.5) is 0 Å². The maximum Gasteiger partial charge on any atom is 0.226 e. The second-order valence-corrected chi connectivity index (χ2v) is 7.87. The molecule has 1 N–H and O–H groups in total. The van der Waals surface area contributed by atoms with Crippen LogP contribution in [0.2, 0.25) is 0 Å². The standard InChI is InChI=1S/C21H26N4O3/c1-14-19(24-28-23-14)12-20(26)22-18-8-6-16(7-9-18)21(27)25-11-10-15-4-2-3-5-17(15)13-25/h2-5,16,18H,6-13H2,1H3,(H,22,26). The number of carbonyl (C=O) groups is 2. The molecule has 0 atom stereocenters. The van der Waals surface area contributed by atoms with Gasteiger partial charge in [-0.15, -0.1) is 0 Å². The summed E-state index contributed by atoms with van der Waals surface area (Å²) in [6.07, 6.45) is 4.44. The van der Waals surface area contributed by atoms with E-state index in [2.05, 4.69) is 38.5 Å². The van der Waals surface area contributed by atoms with Gasteiger partial charge in [-0.05, 0) is 50.2 Å². The predicted octanol–water partition coefficient (Wildman–Crippen LogP) is 2.18. The van der Waals surface area contributed by atoms with Gasteiger partial charge in [0.05, 0.1) is 6.42 Å². The van der Waals surface area contributed by atoms with Crippen molar-refractivity contribution >= 4 is 11.8 Å². The first kappa shape index (κ1) is 18.7. The molecule has 7 nitrogen and oxygen atoms in total. The Morgan fingerprint density at radius 3 is 2.61 bits per heavy atom. The number of aromatic nitrogens is 2. The number of rotatable bonds is 4. The van der Waals surface area contributed by atoms with Crippen molar-refractivity contribution < 1.29 is 14.2 Å². The highest BCUT2D eigenvalue weighted by atomic mass is 16.6. The van der Waals surface area contributed by atoms with Gasteiger partial charge in [0.2, 0.25) is 11.8 Å². The molecule has 2 heterocycles. The lowest BCUT2D eigenvalue weighted by atomic mass is 9.84. The number of nitrogens with zero attached hydrogens (tertiary/aromatic N) is 3. The molecule has 4 rings (SSSR count). The third-order valence-corrected chi connectivity index (χ3v) is 5.96. The van der Waals surface area contributed by atoms with E-state index < -0.39 is 0 Å². The largest absolute Gasteiger partial charge is 0.353 e. The number of nitrogens with one attached hydrogen (secondary N) is 1. The zero-order chi connectivity index (χ0) is 19.5.